The van der Waals surface area contributed by atoms with E-state index in [1.165, 1.54) is 0 Å². The van der Waals surface area contributed by atoms with Crippen molar-refractivity contribution in [2.24, 2.45) is 0 Å². The van der Waals surface area contributed by atoms with Crippen LogP contribution in [0.1, 0.15) is 16.7 Å². The lowest BCUT2D eigenvalue weighted by molar-refractivity contribution is 0.575. The molecular weight excluding hydrogens is 356 g/mol. The van der Waals surface area contributed by atoms with E-state index in [0.717, 1.165) is 22.0 Å². The fraction of sp³-hybridized carbons (Fsp3) is 0.0952. The summed E-state index contributed by atoms with van der Waals surface area (Å²) in [5, 5.41) is 18.8. The second kappa shape index (κ2) is 7.52. The molecule has 2 aromatic heterocycles. The molecule has 0 radical (unpaired) electrons. The number of thioether (sulfide) groups is 1. The smallest absolute Gasteiger partial charge is 0.205 e. The summed E-state index contributed by atoms with van der Waals surface area (Å²) in [6.45, 7) is 2.05. The number of rotatable bonds is 5. The lowest BCUT2D eigenvalue weighted by atomic mass is 10.1. The lowest BCUT2D eigenvalue weighted by Crippen LogP contribution is -2.00. The van der Waals surface area contributed by atoms with Crippen molar-refractivity contribution in [3.8, 4) is 23.3 Å². The molecule has 0 fully saturated rings. The molecule has 132 valence electrons. The summed E-state index contributed by atoms with van der Waals surface area (Å²) < 4.78 is 7.54. The number of hydrogen-bond acceptors (Lipinski definition) is 5. The summed E-state index contributed by atoms with van der Waals surface area (Å²) in [6, 6.07) is 21.7. The highest BCUT2D eigenvalue weighted by Gasteiger charge is 2.18. The quantitative estimate of drug-likeness (QED) is 0.461. The summed E-state index contributed by atoms with van der Waals surface area (Å²) >= 11 is 1.55. The van der Waals surface area contributed by atoms with Crippen LogP contribution in [0.4, 0.5) is 0 Å². The molecule has 0 aliphatic carbocycles. The largest absolute Gasteiger partial charge is 0.461 e. The van der Waals surface area contributed by atoms with Gasteiger partial charge in [-0.1, -0.05) is 42.1 Å². The van der Waals surface area contributed by atoms with Crippen molar-refractivity contribution in [2.45, 2.75) is 17.8 Å². The van der Waals surface area contributed by atoms with E-state index < -0.39 is 0 Å². The van der Waals surface area contributed by atoms with E-state index in [9.17, 15) is 5.26 Å². The maximum absolute atomic E-state index is 9.30. The summed E-state index contributed by atoms with van der Waals surface area (Å²) in [5.41, 5.74) is 3.78. The molecule has 0 spiro atoms. The first-order valence-electron chi connectivity index (χ1n) is 8.43. The van der Waals surface area contributed by atoms with Gasteiger partial charge >= 0.3 is 0 Å². The van der Waals surface area contributed by atoms with E-state index in [1.807, 2.05) is 53.1 Å². The molecule has 0 bridgehead atoms. The van der Waals surface area contributed by atoms with Crippen LogP contribution in [0.3, 0.4) is 0 Å². The minimum absolute atomic E-state index is 0.631. The molecule has 0 aliphatic heterocycles. The minimum Gasteiger partial charge on any atom is -0.461 e. The monoisotopic (exact) mass is 372 g/mol. The number of aromatic nitrogens is 3. The Hall–Kier alpha value is -3.30. The normalized spacial score (nSPS) is 10.7. The van der Waals surface area contributed by atoms with Crippen LogP contribution < -0.4 is 0 Å². The standard InChI is InChI=1S/C21H16N4OS/c1-15-6-4-9-18(12-15)25-20(19-10-5-11-26-19)23-24-21(25)27-14-17-8-3-2-7-16(17)13-22/h2-12H,14H2,1H3. The first-order valence-corrected chi connectivity index (χ1v) is 9.42. The number of benzene rings is 2. The highest BCUT2D eigenvalue weighted by atomic mass is 32.2. The highest BCUT2D eigenvalue weighted by molar-refractivity contribution is 7.98. The van der Waals surface area contributed by atoms with Crippen LogP contribution in [-0.2, 0) is 5.75 Å². The molecular formula is C21H16N4OS. The molecule has 5 nitrogen and oxygen atoms in total. The van der Waals surface area contributed by atoms with Gasteiger partial charge < -0.3 is 4.42 Å². The van der Waals surface area contributed by atoms with Gasteiger partial charge in [-0.2, -0.15) is 5.26 Å². The van der Waals surface area contributed by atoms with Crippen LogP contribution in [0.15, 0.2) is 76.5 Å². The predicted molar refractivity (Wildman–Crippen MR) is 105 cm³/mol. The van der Waals surface area contributed by atoms with Crippen molar-refractivity contribution in [3.63, 3.8) is 0 Å². The van der Waals surface area contributed by atoms with Crippen molar-refractivity contribution < 1.29 is 4.42 Å². The fourth-order valence-electron chi connectivity index (χ4n) is 2.83. The third kappa shape index (κ3) is 3.50. The van der Waals surface area contributed by atoms with Crippen LogP contribution in [0.25, 0.3) is 17.3 Å². The second-order valence-corrected chi connectivity index (χ2v) is 6.96. The molecule has 0 aliphatic rings. The van der Waals surface area contributed by atoms with Gasteiger partial charge in [0.15, 0.2) is 10.9 Å². The van der Waals surface area contributed by atoms with E-state index in [0.29, 0.717) is 22.9 Å². The Morgan fingerprint density at radius 1 is 1.07 bits per heavy atom. The Kier molecular flexibility index (Phi) is 4.77. The Morgan fingerprint density at radius 2 is 1.96 bits per heavy atom. The van der Waals surface area contributed by atoms with Gasteiger partial charge in [0.2, 0.25) is 5.82 Å². The Labute approximate surface area is 161 Å². The Morgan fingerprint density at radius 3 is 2.74 bits per heavy atom. The number of hydrogen-bond donors (Lipinski definition) is 0. The molecule has 2 heterocycles. The van der Waals surface area contributed by atoms with Gasteiger partial charge in [0.05, 0.1) is 23.6 Å². The van der Waals surface area contributed by atoms with Crippen LogP contribution in [0.5, 0.6) is 0 Å². The molecule has 0 saturated heterocycles. The number of aryl methyl sites for hydroxylation is 1. The van der Waals surface area contributed by atoms with E-state index >= 15 is 0 Å². The molecule has 0 unspecified atom stereocenters. The zero-order valence-corrected chi connectivity index (χ0v) is 15.5. The number of furan rings is 1. The van der Waals surface area contributed by atoms with Crippen LogP contribution >= 0.6 is 11.8 Å². The van der Waals surface area contributed by atoms with Gasteiger partial charge in [0, 0.05) is 5.75 Å². The lowest BCUT2D eigenvalue weighted by Gasteiger charge is -2.10. The van der Waals surface area contributed by atoms with Crippen LogP contribution in [0.2, 0.25) is 0 Å². The van der Waals surface area contributed by atoms with Gasteiger partial charge in [0.25, 0.3) is 0 Å². The topological polar surface area (TPSA) is 67.6 Å². The van der Waals surface area contributed by atoms with Crippen molar-refractivity contribution in [2.75, 3.05) is 0 Å². The second-order valence-electron chi connectivity index (χ2n) is 6.02. The van der Waals surface area contributed by atoms with Gasteiger partial charge in [0.1, 0.15) is 0 Å². The maximum atomic E-state index is 9.30. The van der Waals surface area contributed by atoms with Crippen molar-refractivity contribution in [3.05, 3.63) is 83.6 Å². The fourth-order valence-corrected chi connectivity index (χ4v) is 3.78. The number of nitrogens with zero attached hydrogens (tertiary/aromatic N) is 4. The highest BCUT2D eigenvalue weighted by Crippen LogP contribution is 2.30. The van der Waals surface area contributed by atoms with Crippen molar-refractivity contribution in [1.29, 1.82) is 5.26 Å². The summed E-state index contributed by atoms with van der Waals surface area (Å²) in [5.74, 6) is 1.95. The molecule has 0 amide bonds. The van der Waals surface area contributed by atoms with E-state index in [4.69, 9.17) is 4.42 Å². The maximum Gasteiger partial charge on any atom is 0.205 e. The number of nitriles is 1. The first-order chi connectivity index (χ1) is 13.3. The summed E-state index contributed by atoms with van der Waals surface area (Å²) in [6.07, 6.45) is 1.63. The Balaban J connectivity index is 1.74. The van der Waals surface area contributed by atoms with Crippen LogP contribution in [0, 0.1) is 18.3 Å². The average Bonchev–Trinajstić information content (AvgIpc) is 3.36. The summed E-state index contributed by atoms with van der Waals surface area (Å²) in [7, 11) is 0. The SMILES string of the molecule is Cc1cccc(-n2c(SCc3ccccc3C#N)nnc2-c2ccco2)c1. The van der Waals surface area contributed by atoms with Gasteiger partial charge in [-0.25, -0.2) is 0 Å². The van der Waals surface area contributed by atoms with E-state index in [2.05, 4.69) is 35.3 Å². The summed E-state index contributed by atoms with van der Waals surface area (Å²) in [4.78, 5) is 0. The van der Waals surface area contributed by atoms with Crippen LogP contribution in [-0.4, -0.2) is 14.8 Å². The molecule has 6 heteroatoms. The Bertz CT molecular complexity index is 1110. The molecule has 4 rings (SSSR count). The molecule has 0 saturated carbocycles. The van der Waals surface area contributed by atoms with Gasteiger partial charge in [-0.15, -0.1) is 10.2 Å². The third-order valence-electron chi connectivity index (χ3n) is 4.13. The zero-order chi connectivity index (χ0) is 18.6. The van der Waals surface area contributed by atoms with Crippen molar-refractivity contribution >= 4 is 11.8 Å². The molecule has 0 N–H and O–H groups in total. The third-order valence-corrected chi connectivity index (χ3v) is 5.11. The van der Waals surface area contributed by atoms with E-state index in [1.54, 1.807) is 18.0 Å². The zero-order valence-electron chi connectivity index (χ0n) is 14.7. The van der Waals surface area contributed by atoms with Crippen molar-refractivity contribution in [1.82, 2.24) is 14.8 Å². The minimum atomic E-state index is 0.631. The van der Waals surface area contributed by atoms with E-state index in [-0.39, 0.29) is 0 Å². The molecule has 2 aromatic carbocycles. The van der Waals surface area contributed by atoms with Gasteiger partial charge in [-0.05, 0) is 48.4 Å². The predicted octanol–water partition coefficient (Wildman–Crippen LogP) is 5.00. The molecule has 27 heavy (non-hydrogen) atoms. The van der Waals surface area contributed by atoms with Gasteiger partial charge in [-0.3, -0.25) is 4.57 Å². The molecule has 4 aromatic rings. The first kappa shape index (κ1) is 17.1. The molecule has 0 atom stereocenters. The average molecular weight is 372 g/mol.